The molecule has 0 spiro atoms. The molecular weight excluding hydrogens is 222 g/mol. The number of carbonyl (C=O) groups excluding carboxylic acids is 1. The molecule has 0 aromatic heterocycles. The summed E-state index contributed by atoms with van der Waals surface area (Å²) < 4.78 is 4.63. The van der Waals surface area contributed by atoms with E-state index in [0.29, 0.717) is 17.7 Å². The van der Waals surface area contributed by atoms with Gasteiger partial charge in [-0.2, -0.15) is 11.8 Å². The molecule has 94 valence electrons. The van der Waals surface area contributed by atoms with E-state index in [1.807, 2.05) is 11.8 Å². The first-order chi connectivity index (χ1) is 7.67. The van der Waals surface area contributed by atoms with E-state index in [1.54, 1.807) is 0 Å². The fourth-order valence-corrected chi connectivity index (χ4v) is 3.57. The van der Waals surface area contributed by atoms with Crippen molar-refractivity contribution in [3.05, 3.63) is 0 Å². The van der Waals surface area contributed by atoms with Crippen LogP contribution in [0, 0.1) is 5.92 Å². The monoisotopic (exact) mass is 245 g/mol. The van der Waals surface area contributed by atoms with Gasteiger partial charge in [0.25, 0.3) is 0 Å². The Labute approximate surface area is 102 Å². The van der Waals surface area contributed by atoms with E-state index < -0.39 is 0 Å². The van der Waals surface area contributed by atoms with Gasteiger partial charge < -0.3 is 10.5 Å². The molecule has 3 atom stereocenters. The van der Waals surface area contributed by atoms with Crippen LogP contribution in [0.15, 0.2) is 0 Å². The van der Waals surface area contributed by atoms with Gasteiger partial charge in [0.05, 0.1) is 13.5 Å². The Balaban J connectivity index is 2.25. The van der Waals surface area contributed by atoms with E-state index in [-0.39, 0.29) is 5.97 Å². The average molecular weight is 245 g/mol. The fraction of sp³-hybridized carbons (Fsp3) is 0.917. The Bertz CT molecular complexity index is 223. The zero-order valence-corrected chi connectivity index (χ0v) is 11.1. The molecule has 4 heteroatoms. The van der Waals surface area contributed by atoms with Crippen LogP contribution >= 0.6 is 11.8 Å². The summed E-state index contributed by atoms with van der Waals surface area (Å²) in [5.41, 5.74) is 6.11. The Kier molecular flexibility index (Phi) is 6.21. The van der Waals surface area contributed by atoms with Crippen molar-refractivity contribution in [3.63, 3.8) is 0 Å². The molecule has 16 heavy (non-hydrogen) atoms. The minimum Gasteiger partial charge on any atom is -0.469 e. The Morgan fingerprint density at radius 3 is 2.88 bits per heavy atom. The van der Waals surface area contributed by atoms with Gasteiger partial charge in [-0.25, -0.2) is 0 Å². The fourth-order valence-electron chi connectivity index (χ4n) is 2.19. The van der Waals surface area contributed by atoms with E-state index in [0.717, 1.165) is 18.1 Å². The zero-order chi connectivity index (χ0) is 12.0. The number of hydrogen-bond acceptors (Lipinski definition) is 4. The van der Waals surface area contributed by atoms with Crippen LogP contribution < -0.4 is 5.73 Å². The van der Waals surface area contributed by atoms with Crippen LogP contribution in [0.2, 0.25) is 0 Å². The summed E-state index contributed by atoms with van der Waals surface area (Å²) in [7, 11) is 1.44. The third kappa shape index (κ3) is 4.34. The molecule has 0 aliphatic heterocycles. The molecule has 0 aromatic carbocycles. The number of thioether (sulfide) groups is 1. The number of nitrogens with two attached hydrogens (primary N) is 1. The van der Waals surface area contributed by atoms with Crippen molar-refractivity contribution in [1.29, 1.82) is 0 Å². The second-order valence-electron chi connectivity index (χ2n) is 4.49. The van der Waals surface area contributed by atoms with Crippen LogP contribution in [-0.4, -0.2) is 30.1 Å². The lowest BCUT2D eigenvalue weighted by molar-refractivity contribution is -0.140. The van der Waals surface area contributed by atoms with Crippen molar-refractivity contribution < 1.29 is 9.53 Å². The summed E-state index contributed by atoms with van der Waals surface area (Å²) in [5.74, 6) is 1.54. The average Bonchev–Trinajstić information content (AvgIpc) is 2.31. The summed E-state index contributed by atoms with van der Waals surface area (Å²) in [6.07, 6.45) is 5.37. The molecule has 0 bridgehead atoms. The number of esters is 1. The second kappa shape index (κ2) is 7.17. The Morgan fingerprint density at radius 1 is 1.50 bits per heavy atom. The molecule has 3 unspecified atom stereocenters. The highest BCUT2D eigenvalue weighted by Crippen LogP contribution is 2.33. The van der Waals surface area contributed by atoms with Gasteiger partial charge in [-0.05, 0) is 25.2 Å². The van der Waals surface area contributed by atoms with E-state index in [1.165, 1.54) is 26.4 Å². The van der Waals surface area contributed by atoms with Crippen molar-refractivity contribution >= 4 is 17.7 Å². The van der Waals surface area contributed by atoms with Crippen molar-refractivity contribution in [3.8, 4) is 0 Å². The maximum Gasteiger partial charge on any atom is 0.306 e. The minimum absolute atomic E-state index is 0.121. The predicted molar refractivity (Wildman–Crippen MR) is 68.5 cm³/mol. The first kappa shape index (κ1) is 13.8. The number of rotatable bonds is 5. The maximum absolute atomic E-state index is 11.0. The molecule has 1 saturated carbocycles. The third-order valence-corrected chi connectivity index (χ3v) is 4.80. The molecule has 3 nitrogen and oxygen atoms in total. The molecule has 1 rings (SSSR count). The van der Waals surface area contributed by atoms with Gasteiger partial charge in [0.1, 0.15) is 0 Å². The van der Waals surface area contributed by atoms with E-state index in [9.17, 15) is 4.79 Å². The van der Waals surface area contributed by atoms with Crippen LogP contribution in [0.4, 0.5) is 0 Å². The number of carbonyl (C=O) groups is 1. The van der Waals surface area contributed by atoms with Crippen molar-refractivity contribution in [2.75, 3.05) is 12.9 Å². The van der Waals surface area contributed by atoms with E-state index in [4.69, 9.17) is 5.73 Å². The summed E-state index contributed by atoms with van der Waals surface area (Å²) in [5, 5.41) is 0.531. The molecule has 2 N–H and O–H groups in total. The van der Waals surface area contributed by atoms with E-state index >= 15 is 0 Å². The predicted octanol–water partition coefficient (Wildman–Crippen LogP) is 2.19. The molecule has 1 aliphatic carbocycles. The molecule has 0 aromatic rings. The maximum atomic E-state index is 11.0. The molecule has 0 saturated heterocycles. The lowest BCUT2D eigenvalue weighted by Gasteiger charge is -2.33. The molecule has 0 radical (unpaired) electrons. The zero-order valence-electron chi connectivity index (χ0n) is 10.3. The molecule has 0 amide bonds. The normalized spacial score (nSPS) is 30.1. The standard InChI is InChI=1S/C12H23NO2S/c1-3-9-4-5-10(13)11(8-9)16-7-6-12(14)15-2/h9-11H,3-8,13H2,1-2H3. The number of ether oxygens (including phenoxy) is 1. The highest BCUT2D eigenvalue weighted by atomic mass is 32.2. The first-order valence-electron chi connectivity index (χ1n) is 6.11. The van der Waals surface area contributed by atoms with Gasteiger partial charge in [0.2, 0.25) is 0 Å². The van der Waals surface area contributed by atoms with Crippen LogP contribution in [0.1, 0.15) is 39.0 Å². The van der Waals surface area contributed by atoms with Gasteiger partial charge in [-0.15, -0.1) is 0 Å². The molecule has 0 heterocycles. The van der Waals surface area contributed by atoms with Crippen LogP contribution in [0.25, 0.3) is 0 Å². The second-order valence-corrected chi connectivity index (χ2v) is 5.83. The van der Waals surface area contributed by atoms with E-state index in [2.05, 4.69) is 11.7 Å². The highest BCUT2D eigenvalue weighted by Gasteiger charge is 2.27. The van der Waals surface area contributed by atoms with Gasteiger partial charge in [-0.3, -0.25) is 4.79 Å². The highest BCUT2D eigenvalue weighted by molar-refractivity contribution is 7.99. The largest absolute Gasteiger partial charge is 0.469 e. The molecule has 1 fully saturated rings. The van der Waals surface area contributed by atoms with Crippen molar-refractivity contribution in [1.82, 2.24) is 0 Å². The smallest absolute Gasteiger partial charge is 0.306 e. The van der Waals surface area contributed by atoms with Gasteiger partial charge in [-0.1, -0.05) is 13.3 Å². The van der Waals surface area contributed by atoms with Crippen LogP contribution in [-0.2, 0) is 9.53 Å². The topological polar surface area (TPSA) is 52.3 Å². The van der Waals surface area contributed by atoms with Crippen LogP contribution in [0.5, 0.6) is 0 Å². The molecular formula is C12H23NO2S. The Hall–Kier alpha value is -0.220. The summed E-state index contributed by atoms with van der Waals surface area (Å²) in [6, 6.07) is 0.311. The lowest BCUT2D eigenvalue weighted by Crippen LogP contribution is -2.38. The van der Waals surface area contributed by atoms with Crippen LogP contribution in [0.3, 0.4) is 0 Å². The SMILES string of the molecule is CCC1CCC(N)C(SCCC(=O)OC)C1. The Morgan fingerprint density at radius 2 is 2.25 bits per heavy atom. The van der Waals surface area contributed by atoms with Crippen molar-refractivity contribution in [2.24, 2.45) is 11.7 Å². The number of methoxy groups -OCH3 is 1. The summed E-state index contributed by atoms with van der Waals surface area (Å²) in [6.45, 7) is 2.25. The van der Waals surface area contributed by atoms with Gasteiger partial charge in [0, 0.05) is 17.0 Å². The quantitative estimate of drug-likeness (QED) is 0.754. The lowest BCUT2D eigenvalue weighted by atomic mass is 9.84. The summed E-state index contributed by atoms with van der Waals surface area (Å²) >= 11 is 1.84. The first-order valence-corrected chi connectivity index (χ1v) is 7.16. The third-order valence-electron chi connectivity index (χ3n) is 3.39. The number of hydrogen-bond donors (Lipinski definition) is 1. The van der Waals surface area contributed by atoms with Crippen molar-refractivity contribution in [2.45, 2.75) is 50.3 Å². The molecule has 1 aliphatic rings. The minimum atomic E-state index is -0.121. The van der Waals surface area contributed by atoms with Gasteiger partial charge >= 0.3 is 5.97 Å². The van der Waals surface area contributed by atoms with Gasteiger partial charge in [0.15, 0.2) is 0 Å². The summed E-state index contributed by atoms with van der Waals surface area (Å²) in [4.78, 5) is 11.0.